The lowest BCUT2D eigenvalue weighted by Crippen LogP contribution is -2.67. The summed E-state index contributed by atoms with van der Waals surface area (Å²) in [4.78, 5) is 0. The minimum Gasteiger partial charge on any atom is -0.414 e. The second-order valence-corrected chi connectivity index (χ2v) is 22.3. The second kappa shape index (κ2) is 13.7. The van der Waals surface area contributed by atoms with Crippen molar-refractivity contribution < 1.29 is 14.0 Å². The van der Waals surface area contributed by atoms with Crippen LogP contribution in [0.3, 0.4) is 0 Å². The van der Waals surface area contributed by atoms with Crippen LogP contribution < -0.4 is 10.4 Å². The molecule has 3 nitrogen and oxygen atoms in total. The molecule has 0 fully saturated rings. The van der Waals surface area contributed by atoms with E-state index in [1.807, 2.05) is 0 Å². The van der Waals surface area contributed by atoms with Gasteiger partial charge in [-0.2, -0.15) is 0 Å². The van der Waals surface area contributed by atoms with E-state index in [1.165, 1.54) is 16.8 Å². The van der Waals surface area contributed by atoms with Crippen LogP contribution in [0.5, 0.6) is 0 Å². The number of hydrogen-bond donors (Lipinski definition) is 1. The molecular formula is C32H54O3Si2. The molecule has 0 radical (unpaired) electrons. The smallest absolute Gasteiger partial charge is 0.261 e. The zero-order valence-corrected chi connectivity index (χ0v) is 27.1. The number of rotatable bonds is 14. The van der Waals surface area contributed by atoms with E-state index in [2.05, 4.69) is 122 Å². The summed E-state index contributed by atoms with van der Waals surface area (Å²) in [6.45, 7) is 20.9. The molecule has 0 aromatic heterocycles. The standard InChI is InChI=1S/C32H54O3Si2/c1-27(34-36(8,9)31(2,3)4)19-13-10-14-20-28(25-26-33)35-37(32(5,6)7,29-21-15-11-16-22-29)30-23-17-12-18-24-30/h11-12,15-18,21-24,27-28,33H,10,13-14,19-20,25-26H2,1-9H3/t27-,28-/m1/s1. The molecule has 0 saturated carbocycles. The SMILES string of the molecule is C[C@H](CCCCC[C@H](CCO)O[Si](c1ccccc1)(c1ccccc1)C(C)(C)C)O[Si](C)(C)C(C)(C)C. The second-order valence-electron chi connectivity index (χ2n) is 13.2. The van der Waals surface area contributed by atoms with Crippen LogP contribution in [0.4, 0.5) is 0 Å². The van der Waals surface area contributed by atoms with E-state index in [0.29, 0.717) is 12.5 Å². The van der Waals surface area contributed by atoms with Crippen molar-refractivity contribution in [1.29, 1.82) is 0 Å². The first kappa shape index (κ1) is 32.0. The Morgan fingerprint density at radius 3 is 1.59 bits per heavy atom. The molecule has 0 aliphatic carbocycles. The van der Waals surface area contributed by atoms with Gasteiger partial charge in [0.25, 0.3) is 8.32 Å². The normalized spacial score (nSPS) is 15.0. The molecule has 0 saturated heterocycles. The lowest BCUT2D eigenvalue weighted by atomic mass is 10.1. The van der Waals surface area contributed by atoms with Crippen LogP contribution >= 0.6 is 0 Å². The van der Waals surface area contributed by atoms with Gasteiger partial charge in [-0.25, -0.2) is 0 Å². The van der Waals surface area contributed by atoms with Crippen molar-refractivity contribution in [2.75, 3.05) is 6.61 Å². The fourth-order valence-corrected chi connectivity index (χ4v) is 11.3. The van der Waals surface area contributed by atoms with Crippen LogP contribution in [0.1, 0.15) is 87.0 Å². The lowest BCUT2D eigenvalue weighted by molar-refractivity contribution is 0.133. The average molecular weight is 543 g/mol. The molecule has 37 heavy (non-hydrogen) atoms. The summed E-state index contributed by atoms with van der Waals surface area (Å²) in [6, 6.07) is 21.6. The van der Waals surface area contributed by atoms with Crippen LogP contribution in [0, 0.1) is 0 Å². The third-order valence-corrected chi connectivity index (χ3v) is 17.8. The first-order valence-electron chi connectivity index (χ1n) is 14.3. The summed E-state index contributed by atoms with van der Waals surface area (Å²) in [5, 5.41) is 12.7. The highest BCUT2D eigenvalue weighted by molar-refractivity contribution is 6.99. The Kier molecular flexibility index (Phi) is 11.8. The van der Waals surface area contributed by atoms with Crippen molar-refractivity contribution in [3.63, 3.8) is 0 Å². The van der Waals surface area contributed by atoms with Gasteiger partial charge in [-0.05, 0) is 59.7 Å². The molecule has 2 rings (SSSR count). The molecule has 1 N–H and O–H groups in total. The highest BCUT2D eigenvalue weighted by Gasteiger charge is 2.51. The molecular weight excluding hydrogens is 489 g/mol. The van der Waals surface area contributed by atoms with Gasteiger partial charge in [-0.3, -0.25) is 0 Å². The molecule has 0 heterocycles. The van der Waals surface area contributed by atoms with Crippen LogP contribution in [-0.2, 0) is 8.85 Å². The zero-order chi connectivity index (χ0) is 27.7. The topological polar surface area (TPSA) is 38.7 Å². The summed E-state index contributed by atoms with van der Waals surface area (Å²) in [6.07, 6.45) is 6.54. The van der Waals surface area contributed by atoms with E-state index in [-0.39, 0.29) is 22.8 Å². The molecule has 0 amide bonds. The van der Waals surface area contributed by atoms with Gasteiger partial charge in [0.05, 0.1) is 0 Å². The quantitative estimate of drug-likeness (QED) is 0.197. The highest BCUT2D eigenvalue weighted by atomic mass is 28.4. The van der Waals surface area contributed by atoms with Crippen molar-refractivity contribution in [2.24, 2.45) is 0 Å². The monoisotopic (exact) mass is 542 g/mol. The number of benzene rings is 2. The van der Waals surface area contributed by atoms with E-state index in [0.717, 1.165) is 25.7 Å². The summed E-state index contributed by atoms with van der Waals surface area (Å²) in [5.74, 6) is 0. The molecule has 0 unspecified atom stereocenters. The van der Waals surface area contributed by atoms with Gasteiger partial charge >= 0.3 is 0 Å². The molecule has 2 aromatic carbocycles. The Labute approximate surface area is 230 Å². The van der Waals surface area contributed by atoms with Crippen LogP contribution in [-0.4, -0.2) is 40.6 Å². The number of aliphatic hydroxyl groups excluding tert-OH is 1. The Hall–Kier alpha value is -1.25. The van der Waals surface area contributed by atoms with E-state index < -0.39 is 16.6 Å². The predicted molar refractivity (Wildman–Crippen MR) is 165 cm³/mol. The van der Waals surface area contributed by atoms with Crippen LogP contribution in [0.15, 0.2) is 60.7 Å². The minimum atomic E-state index is -2.61. The molecule has 2 atom stereocenters. The summed E-state index contributed by atoms with van der Waals surface area (Å²) in [5.41, 5.74) is 0. The molecule has 0 aliphatic heterocycles. The average Bonchev–Trinajstić information content (AvgIpc) is 2.81. The van der Waals surface area contributed by atoms with E-state index in [1.54, 1.807) is 0 Å². The fourth-order valence-electron chi connectivity index (χ4n) is 5.07. The van der Waals surface area contributed by atoms with Gasteiger partial charge in [0, 0.05) is 18.8 Å². The van der Waals surface area contributed by atoms with Gasteiger partial charge in [0.15, 0.2) is 8.32 Å². The molecule has 0 spiro atoms. The Morgan fingerprint density at radius 2 is 1.16 bits per heavy atom. The molecule has 0 bridgehead atoms. The Morgan fingerprint density at radius 1 is 0.676 bits per heavy atom. The van der Waals surface area contributed by atoms with Gasteiger partial charge in [0.1, 0.15) is 0 Å². The van der Waals surface area contributed by atoms with Crippen molar-refractivity contribution in [1.82, 2.24) is 0 Å². The van der Waals surface area contributed by atoms with Gasteiger partial charge < -0.3 is 14.0 Å². The third-order valence-electron chi connectivity index (χ3n) is 8.15. The minimum absolute atomic E-state index is 0.0391. The van der Waals surface area contributed by atoms with E-state index in [9.17, 15) is 5.11 Å². The molecule has 0 aliphatic rings. The highest BCUT2D eigenvalue weighted by Crippen LogP contribution is 2.39. The Bertz CT molecular complexity index is 862. The number of aliphatic hydroxyl groups is 1. The largest absolute Gasteiger partial charge is 0.414 e. The van der Waals surface area contributed by atoms with E-state index in [4.69, 9.17) is 8.85 Å². The van der Waals surface area contributed by atoms with Crippen molar-refractivity contribution in [3.05, 3.63) is 60.7 Å². The predicted octanol–water partition coefficient (Wildman–Crippen LogP) is 7.67. The van der Waals surface area contributed by atoms with Gasteiger partial charge in [-0.15, -0.1) is 0 Å². The summed E-state index contributed by atoms with van der Waals surface area (Å²) < 4.78 is 13.9. The van der Waals surface area contributed by atoms with Crippen LogP contribution in [0.25, 0.3) is 0 Å². The first-order valence-corrected chi connectivity index (χ1v) is 19.1. The maximum Gasteiger partial charge on any atom is 0.261 e. The van der Waals surface area contributed by atoms with E-state index >= 15 is 0 Å². The maximum atomic E-state index is 9.95. The molecule has 208 valence electrons. The van der Waals surface area contributed by atoms with Crippen LogP contribution in [0.2, 0.25) is 23.2 Å². The maximum absolute atomic E-state index is 9.95. The molecule has 2 aromatic rings. The van der Waals surface area contributed by atoms with Crippen molar-refractivity contribution in [2.45, 2.75) is 122 Å². The Balaban J connectivity index is 2.12. The molecule has 5 heteroatoms. The van der Waals surface area contributed by atoms with Crippen molar-refractivity contribution >= 4 is 27.0 Å². The van der Waals surface area contributed by atoms with Gasteiger partial charge in [-0.1, -0.05) is 121 Å². The fraction of sp³-hybridized carbons (Fsp3) is 0.625. The number of hydrogen-bond acceptors (Lipinski definition) is 3. The third kappa shape index (κ3) is 8.62. The number of unbranched alkanes of at least 4 members (excludes halogenated alkanes) is 2. The lowest BCUT2D eigenvalue weighted by Gasteiger charge is -2.45. The summed E-state index contributed by atoms with van der Waals surface area (Å²) >= 11 is 0. The van der Waals surface area contributed by atoms with Crippen molar-refractivity contribution in [3.8, 4) is 0 Å². The van der Waals surface area contributed by atoms with Gasteiger partial charge in [0.2, 0.25) is 0 Å². The summed E-state index contributed by atoms with van der Waals surface area (Å²) in [7, 11) is -4.32. The zero-order valence-electron chi connectivity index (χ0n) is 25.1. The first-order chi connectivity index (χ1) is 17.2.